The van der Waals surface area contributed by atoms with Crippen LogP contribution < -0.4 is 0 Å². The van der Waals surface area contributed by atoms with Gasteiger partial charge in [0, 0.05) is 0 Å². The van der Waals surface area contributed by atoms with Crippen LogP contribution >= 0.6 is 0 Å². The van der Waals surface area contributed by atoms with Crippen LogP contribution in [0.2, 0.25) is 0 Å². The van der Waals surface area contributed by atoms with Gasteiger partial charge in [0.05, 0.1) is 0 Å². The van der Waals surface area contributed by atoms with Crippen molar-refractivity contribution < 1.29 is 0 Å². The van der Waals surface area contributed by atoms with Crippen LogP contribution in [0.5, 0.6) is 0 Å². The fraction of sp³-hybridized carbons (Fsp3) is 0.333. The molecule has 0 spiro atoms. The zero-order chi connectivity index (χ0) is 13.0. The van der Waals surface area contributed by atoms with Gasteiger partial charge in [0.15, 0.2) is 0 Å². The van der Waals surface area contributed by atoms with Crippen LogP contribution in [0.25, 0.3) is 6.08 Å². The molecule has 0 aliphatic heterocycles. The van der Waals surface area contributed by atoms with Crippen molar-refractivity contribution in [2.24, 2.45) is 0 Å². The lowest BCUT2D eigenvalue weighted by molar-refractivity contribution is 0.866. The first kappa shape index (κ1) is 12.9. The van der Waals surface area contributed by atoms with Gasteiger partial charge in [0.2, 0.25) is 0 Å². The summed E-state index contributed by atoms with van der Waals surface area (Å²) < 4.78 is 0. The molecule has 0 N–H and O–H groups in total. The zero-order valence-electron chi connectivity index (χ0n) is 11.6. The second-order valence-corrected chi connectivity index (χ2v) is 5.41. The highest BCUT2D eigenvalue weighted by molar-refractivity contribution is 5.54. The zero-order valence-corrected chi connectivity index (χ0v) is 11.6. The molecule has 0 saturated heterocycles. The first-order valence-corrected chi connectivity index (χ1v) is 6.79. The van der Waals surface area contributed by atoms with Crippen LogP contribution in [-0.2, 0) is 0 Å². The molecule has 0 atom stereocenters. The van der Waals surface area contributed by atoms with Crippen molar-refractivity contribution in [3.63, 3.8) is 0 Å². The maximum absolute atomic E-state index is 2.24. The monoisotopic (exact) mass is 238 g/mol. The predicted octanol–water partition coefficient (Wildman–Crippen LogP) is 5.49. The molecule has 0 fully saturated rings. The summed E-state index contributed by atoms with van der Waals surface area (Å²) in [6.07, 6.45) is 11.3. The van der Waals surface area contributed by atoms with Crippen LogP contribution in [-0.4, -0.2) is 0 Å². The summed E-state index contributed by atoms with van der Waals surface area (Å²) >= 11 is 0. The van der Waals surface area contributed by atoms with Crippen molar-refractivity contribution in [2.75, 3.05) is 0 Å². The molecule has 0 heterocycles. The fourth-order valence-electron chi connectivity index (χ4n) is 2.09. The second kappa shape index (κ2) is 5.86. The summed E-state index contributed by atoms with van der Waals surface area (Å²) in [6, 6.07) is 8.86. The van der Waals surface area contributed by atoms with E-state index < -0.39 is 0 Å². The number of hydrogen-bond acceptors (Lipinski definition) is 0. The third-order valence-electron chi connectivity index (χ3n) is 3.48. The van der Waals surface area contributed by atoms with Crippen molar-refractivity contribution in [2.45, 2.75) is 39.5 Å². The molecule has 1 aliphatic rings. The highest BCUT2D eigenvalue weighted by Crippen LogP contribution is 2.20. The van der Waals surface area contributed by atoms with Crippen molar-refractivity contribution >= 4 is 6.08 Å². The molecular formula is C18H22. The van der Waals surface area contributed by atoms with Gasteiger partial charge in [-0.2, -0.15) is 0 Å². The number of allylic oxidation sites excluding steroid dienone is 5. The minimum atomic E-state index is 0.609. The van der Waals surface area contributed by atoms with Crippen LogP contribution in [0.4, 0.5) is 0 Å². The van der Waals surface area contributed by atoms with Gasteiger partial charge >= 0.3 is 0 Å². The van der Waals surface area contributed by atoms with Crippen molar-refractivity contribution in [3.8, 4) is 0 Å². The summed E-state index contributed by atoms with van der Waals surface area (Å²) in [5, 5.41) is 0. The SMILES string of the molecule is CC1=CC=C(/C=C/c2ccc(C(C)C)cc2)CC1. The highest BCUT2D eigenvalue weighted by atomic mass is 14.1. The summed E-state index contributed by atoms with van der Waals surface area (Å²) in [6.45, 7) is 6.65. The Balaban J connectivity index is 2.05. The summed E-state index contributed by atoms with van der Waals surface area (Å²) in [7, 11) is 0. The van der Waals surface area contributed by atoms with E-state index in [9.17, 15) is 0 Å². The molecule has 0 heteroatoms. The third kappa shape index (κ3) is 3.46. The molecule has 1 aromatic carbocycles. The normalized spacial score (nSPS) is 16.0. The molecular weight excluding hydrogens is 216 g/mol. The van der Waals surface area contributed by atoms with E-state index in [4.69, 9.17) is 0 Å². The lowest BCUT2D eigenvalue weighted by Crippen LogP contribution is -1.88. The topological polar surface area (TPSA) is 0 Å². The average molecular weight is 238 g/mol. The van der Waals surface area contributed by atoms with Crippen LogP contribution in [0.3, 0.4) is 0 Å². The van der Waals surface area contributed by atoms with E-state index in [1.807, 2.05) is 0 Å². The van der Waals surface area contributed by atoms with Crippen molar-refractivity contribution in [1.82, 2.24) is 0 Å². The molecule has 0 nitrogen and oxygen atoms in total. The molecule has 1 aliphatic carbocycles. The number of hydrogen-bond donors (Lipinski definition) is 0. The van der Waals surface area contributed by atoms with E-state index >= 15 is 0 Å². The minimum absolute atomic E-state index is 0.609. The van der Waals surface area contributed by atoms with Crippen LogP contribution in [0.1, 0.15) is 50.7 Å². The Kier molecular flexibility index (Phi) is 4.19. The van der Waals surface area contributed by atoms with Crippen molar-refractivity contribution in [3.05, 3.63) is 64.8 Å². The molecule has 0 radical (unpaired) electrons. The molecule has 1 aromatic rings. The molecule has 0 aromatic heterocycles. The summed E-state index contributed by atoms with van der Waals surface area (Å²) in [4.78, 5) is 0. The largest absolute Gasteiger partial charge is 0.0730 e. The Hall–Kier alpha value is -1.56. The van der Waals surface area contributed by atoms with Gasteiger partial charge in [-0.25, -0.2) is 0 Å². The van der Waals surface area contributed by atoms with Gasteiger partial charge in [0.1, 0.15) is 0 Å². The summed E-state index contributed by atoms with van der Waals surface area (Å²) in [5.41, 5.74) is 5.59. The Morgan fingerprint density at radius 2 is 1.67 bits per heavy atom. The van der Waals surface area contributed by atoms with Gasteiger partial charge in [-0.15, -0.1) is 0 Å². The maximum Gasteiger partial charge on any atom is -0.0219 e. The molecule has 94 valence electrons. The molecule has 18 heavy (non-hydrogen) atoms. The van der Waals surface area contributed by atoms with Gasteiger partial charge in [-0.05, 0) is 42.4 Å². The molecule has 2 rings (SSSR count). The Labute approximate surface area is 111 Å². The lowest BCUT2D eigenvalue weighted by atomic mass is 9.98. The smallest absolute Gasteiger partial charge is 0.0219 e. The predicted molar refractivity (Wildman–Crippen MR) is 80.6 cm³/mol. The van der Waals surface area contributed by atoms with Crippen molar-refractivity contribution in [1.29, 1.82) is 0 Å². The first-order valence-electron chi connectivity index (χ1n) is 6.79. The summed E-state index contributed by atoms with van der Waals surface area (Å²) in [5.74, 6) is 0.609. The Morgan fingerprint density at radius 3 is 2.22 bits per heavy atom. The van der Waals surface area contributed by atoms with Gasteiger partial charge < -0.3 is 0 Å². The van der Waals surface area contributed by atoms with Crippen LogP contribution in [0, 0.1) is 0 Å². The van der Waals surface area contributed by atoms with Gasteiger partial charge in [0.25, 0.3) is 0 Å². The van der Waals surface area contributed by atoms with E-state index in [0.717, 1.165) is 0 Å². The fourth-order valence-corrected chi connectivity index (χ4v) is 2.09. The maximum atomic E-state index is 2.24. The molecule has 0 unspecified atom stereocenters. The van der Waals surface area contributed by atoms with E-state index in [0.29, 0.717) is 5.92 Å². The van der Waals surface area contributed by atoms with E-state index in [1.165, 1.54) is 35.1 Å². The van der Waals surface area contributed by atoms with Gasteiger partial charge in [-0.3, -0.25) is 0 Å². The van der Waals surface area contributed by atoms with Crippen LogP contribution in [0.15, 0.2) is 53.6 Å². The van der Waals surface area contributed by atoms with Gasteiger partial charge in [-0.1, -0.05) is 68.0 Å². The minimum Gasteiger partial charge on any atom is -0.0730 e. The molecule has 0 saturated carbocycles. The Morgan fingerprint density at radius 1 is 0.944 bits per heavy atom. The third-order valence-corrected chi connectivity index (χ3v) is 3.48. The number of rotatable bonds is 3. The highest BCUT2D eigenvalue weighted by Gasteiger charge is 2.00. The number of benzene rings is 1. The Bertz CT molecular complexity index is 481. The standard InChI is InChI=1S/C18H22/c1-14(2)18-12-10-17(11-13-18)9-8-16-6-4-15(3)5-7-16/h4,6,8-14H,5,7H2,1-3H3/b9-8+. The van der Waals surface area contributed by atoms with E-state index in [1.54, 1.807) is 0 Å². The molecule has 0 amide bonds. The second-order valence-electron chi connectivity index (χ2n) is 5.41. The first-order chi connectivity index (χ1) is 8.65. The molecule has 0 bridgehead atoms. The van der Waals surface area contributed by atoms with E-state index in [2.05, 4.69) is 69.3 Å². The average Bonchev–Trinajstić information content (AvgIpc) is 2.38. The van der Waals surface area contributed by atoms with E-state index in [-0.39, 0.29) is 0 Å². The lowest BCUT2D eigenvalue weighted by Gasteiger charge is -2.08. The quantitative estimate of drug-likeness (QED) is 0.653.